The lowest BCUT2D eigenvalue weighted by atomic mass is 10.2. The Hall–Kier alpha value is -2.40. The molecular formula is C14H15N3O2. The van der Waals surface area contributed by atoms with Gasteiger partial charge in [0.05, 0.1) is 23.7 Å². The largest absolute Gasteiger partial charge is 0.489 e. The Morgan fingerprint density at radius 3 is 2.47 bits per heavy atom. The monoisotopic (exact) mass is 257 g/mol. The first-order valence-electron chi connectivity index (χ1n) is 5.89. The molecule has 0 spiro atoms. The first-order chi connectivity index (χ1) is 9.29. The zero-order valence-electron chi connectivity index (χ0n) is 10.4. The highest BCUT2D eigenvalue weighted by Gasteiger charge is 2.01. The third kappa shape index (κ3) is 3.79. The van der Waals surface area contributed by atoms with Crippen molar-refractivity contribution in [2.45, 2.75) is 0 Å². The standard InChI is InChI=1S/C14H15N3O2/c15-13-7-6-12(10-14(13)19-9-8-18)17-16-11-4-2-1-3-5-11/h1-7,10,18H,8-9,15H2. The van der Waals surface area contributed by atoms with E-state index in [1.54, 1.807) is 18.2 Å². The Morgan fingerprint density at radius 2 is 1.74 bits per heavy atom. The van der Waals surface area contributed by atoms with Crippen molar-refractivity contribution in [3.8, 4) is 5.75 Å². The fourth-order valence-corrected chi connectivity index (χ4v) is 1.48. The van der Waals surface area contributed by atoms with E-state index in [4.69, 9.17) is 15.6 Å². The zero-order valence-corrected chi connectivity index (χ0v) is 10.4. The molecule has 2 aromatic carbocycles. The highest BCUT2D eigenvalue weighted by molar-refractivity contribution is 5.59. The number of ether oxygens (including phenoxy) is 1. The van der Waals surface area contributed by atoms with Crippen LogP contribution >= 0.6 is 0 Å². The Labute approximate surface area is 111 Å². The number of nitrogens with two attached hydrogens (primary N) is 1. The molecule has 0 aromatic heterocycles. The molecule has 0 saturated carbocycles. The molecule has 0 heterocycles. The SMILES string of the molecule is Nc1ccc(N=Nc2ccccc2)cc1OCCO. The summed E-state index contributed by atoms with van der Waals surface area (Å²) in [5.41, 5.74) is 7.68. The zero-order chi connectivity index (χ0) is 13.5. The molecule has 0 aliphatic rings. The van der Waals surface area contributed by atoms with E-state index in [1.807, 2.05) is 30.3 Å². The van der Waals surface area contributed by atoms with Gasteiger partial charge in [-0.25, -0.2) is 0 Å². The number of aliphatic hydroxyl groups is 1. The molecule has 0 unspecified atom stereocenters. The van der Waals surface area contributed by atoms with Crippen LogP contribution in [0.2, 0.25) is 0 Å². The average molecular weight is 257 g/mol. The Bertz CT molecular complexity index is 556. The van der Waals surface area contributed by atoms with E-state index in [0.29, 0.717) is 17.1 Å². The van der Waals surface area contributed by atoms with Gasteiger partial charge in [-0.05, 0) is 24.3 Å². The van der Waals surface area contributed by atoms with E-state index in [2.05, 4.69) is 10.2 Å². The molecule has 3 N–H and O–H groups in total. The molecule has 5 nitrogen and oxygen atoms in total. The minimum Gasteiger partial charge on any atom is -0.489 e. The Kier molecular flexibility index (Phi) is 4.47. The van der Waals surface area contributed by atoms with Gasteiger partial charge in [0.1, 0.15) is 12.4 Å². The summed E-state index contributed by atoms with van der Waals surface area (Å²) in [5.74, 6) is 0.499. The topological polar surface area (TPSA) is 80.2 Å². The van der Waals surface area contributed by atoms with Crippen LogP contribution in [0.3, 0.4) is 0 Å². The molecule has 0 aliphatic carbocycles. The quantitative estimate of drug-likeness (QED) is 0.638. The number of nitrogens with zero attached hydrogens (tertiary/aromatic N) is 2. The van der Waals surface area contributed by atoms with Crippen molar-refractivity contribution in [1.82, 2.24) is 0 Å². The van der Waals surface area contributed by atoms with Gasteiger partial charge < -0.3 is 15.6 Å². The minimum atomic E-state index is -0.0603. The number of hydrogen-bond donors (Lipinski definition) is 2. The molecule has 0 saturated heterocycles. The molecule has 0 atom stereocenters. The molecule has 2 aromatic rings. The van der Waals surface area contributed by atoms with Crippen LogP contribution in [0.25, 0.3) is 0 Å². The third-order valence-electron chi connectivity index (χ3n) is 2.38. The second-order valence-corrected chi connectivity index (χ2v) is 3.83. The van der Waals surface area contributed by atoms with E-state index >= 15 is 0 Å². The van der Waals surface area contributed by atoms with Gasteiger partial charge in [-0.2, -0.15) is 10.2 Å². The van der Waals surface area contributed by atoms with Crippen LogP contribution in [0.5, 0.6) is 5.75 Å². The van der Waals surface area contributed by atoms with Crippen molar-refractivity contribution in [2.75, 3.05) is 18.9 Å². The maximum Gasteiger partial charge on any atom is 0.144 e. The summed E-state index contributed by atoms with van der Waals surface area (Å²) in [6, 6.07) is 14.6. The molecule has 19 heavy (non-hydrogen) atoms. The Balaban J connectivity index is 2.14. The molecule has 2 rings (SSSR count). The summed E-state index contributed by atoms with van der Waals surface area (Å²) in [4.78, 5) is 0. The van der Waals surface area contributed by atoms with Gasteiger partial charge >= 0.3 is 0 Å². The predicted octanol–water partition coefficient (Wildman–Crippen LogP) is 3.06. The van der Waals surface area contributed by atoms with Gasteiger partial charge in [-0.1, -0.05) is 18.2 Å². The van der Waals surface area contributed by atoms with Gasteiger partial charge in [0.25, 0.3) is 0 Å². The number of benzene rings is 2. The number of nitrogen functional groups attached to an aromatic ring is 1. The number of aliphatic hydroxyl groups excluding tert-OH is 1. The summed E-state index contributed by atoms with van der Waals surface area (Å²) >= 11 is 0. The lowest BCUT2D eigenvalue weighted by Gasteiger charge is -2.07. The van der Waals surface area contributed by atoms with Crippen molar-refractivity contribution >= 4 is 17.1 Å². The van der Waals surface area contributed by atoms with E-state index in [9.17, 15) is 0 Å². The summed E-state index contributed by atoms with van der Waals surface area (Å²) < 4.78 is 5.30. The van der Waals surface area contributed by atoms with Gasteiger partial charge in [0.2, 0.25) is 0 Å². The van der Waals surface area contributed by atoms with Crippen molar-refractivity contribution < 1.29 is 9.84 Å². The fourth-order valence-electron chi connectivity index (χ4n) is 1.48. The first kappa shape index (κ1) is 13.0. The predicted molar refractivity (Wildman–Crippen MR) is 74.1 cm³/mol. The molecule has 0 amide bonds. The molecule has 98 valence electrons. The summed E-state index contributed by atoms with van der Waals surface area (Å²) in [7, 11) is 0. The van der Waals surface area contributed by atoms with E-state index < -0.39 is 0 Å². The van der Waals surface area contributed by atoms with Gasteiger partial charge in [0.15, 0.2) is 0 Å². The highest BCUT2D eigenvalue weighted by atomic mass is 16.5. The second kappa shape index (κ2) is 6.51. The molecule has 0 aliphatic heterocycles. The molecule has 0 bridgehead atoms. The van der Waals surface area contributed by atoms with Crippen LogP contribution in [-0.4, -0.2) is 18.3 Å². The van der Waals surface area contributed by atoms with Crippen LogP contribution < -0.4 is 10.5 Å². The van der Waals surface area contributed by atoms with Crippen LogP contribution in [-0.2, 0) is 0 Å². The highest BCUT2D eigenvalue weighted by Crippen LogP contribution is 2.28. The third-order valence-corrected chi connectivity index (χ3v) is 2.38. The first-order valence-corrected chi connectivity index (χ1v) is 5.89. The van der Waals surface area contributed by atoms with Crippen molar-refractivity contribution in [3.05, 3.63) is 48.5 Å². The summed E-state index contributed by atoms with van der Waals surface area (Å²) in [6.45, 7) is 0.138. The van der Waals surface area contributed by atoms with Crippen LogP contribution in [0.1, 0.15) is 0 Å². The molecule has 0 radical (unpaired) electrons. The maximum atomic E-state index is 8.73. The second-order valence-electron chi connectivity index (χ2n) is 3.83. The van der Waals surface area contributed by atoms with Crippen molar-refractivity contribution in [1.29, 1.82) is 0 Å². The van der Waals surface area contributed by atoms with Crippen molar-refractivity contribution in [2.24, 2.45) is 10.2 Å². The van der Waals surface area contributed by atoms with Gasteiger partial charge in [-0.15, -0.1) is 0 Å². The Morgan fingerprint density at radius 1 is 1.00 bits per heavy atom. The minimum absolute atomic E-state index is 0.0603. The van der Waals surface area contributed by atoms with E-state index in [1.165, 1.54) is 0 Å². The number of anilines is 1. The fraction of sp³-hybridized carbons (Fsp3) is 0.143. The normalized spacial score (nSPS) is 10.8. The average Bonchev–Trinajstić information content (AvgIpc) is 2.46. The van der Waals surface area contributed by atoms with Crippen LogP contribution in [0, 0.1) is 0 Å². The lowest BCUT2D eigenvalue weighted by Crippen LogP contribution is -2.03. The smallest absolute Gasteiger partial charge is 0.144 e. The number of azo groups is 1. The molecule has 5 heteroatoms. The van der Waals surface area contributed by atoms with Gasteiger partial charge in [0, 0.05) is 6.07 Å². The lowest BCUT2D eigenvalue weighted by molar-refractivity contribution is 0.202. The van der Waals surface area contributed by atoms with Crippen molar-refractivity contribution in [3.63, 3.8) is 0 Å². The summed E-state index contributed by atoms with van der Waals surface area (Å²) in [5, 5.41) is 17.0. The maximum absolute atomic E-state index is 8.73. The van der Waals surface area contributed by atoms with Gasteiger partial charge in [-0.3, -0.25) is 0 Å². The van der Waals surface area contributed by atoms with E-state index in [0.717, 1.165) is 5.69 Å². The molecular weight excluding hydrogens is 242 g/mol. The van der Waals surface area contributed by atoms with Crippen LogP contribution in [0.4, 0.5) is 17.1 Å². The summed E-state index contributed by atoms with van der Waals surface area (Å²) in [6.07, 6.45) is 0. The van der Waals surface area contributed by atoms with E-state index in [-0.39, 0.29) is 13.2 Å². The van der Waals surface area contributed by atoms with Crippen LogP contribution in [0.15, 0.2) is 58.8 Å². The number of rotatable bonds is 5. The number of hydrogen-bond acceptors (Lipinski definition) is 5. The molecule has 0 fully saturated rings.